The van der Waals surface area contributed by atoms with Crippen LogP contribution in [0.2, 0.25) is 0 Å². The number of thioether (sulfide) groups is 1. The molecule has 1 heterocycles. The van der Waals surface area contributed by atoms with Crippen LogP contribution in [0.1, 0.15) is 0 Å². The monoisotopic (exact) mass is 251 g/mol. The lowest BCUT2D eigenvalue weighted by atomic mass is 10.2. The Morgan fingerprint density at radius 2 is 2.35 bits per heavy atom. The van der Waals surface area contributed by atoms with Crippen molar-refractivity contribution in [3.8, 4) is 5.75 Å². The largest absolute Gasteiger partial charge is 0.490 e. The molecule has 5 heteroatoms. The quantitative estimate of drug-likeness (QED) is 0.604. The first-order valence-corrected chi connectivity index (χ1v) is 6.61. The van der Waals surface area contributed by atoms with Gasteiger partial charge in [0.1, 0.15) is 18.6 Å². The first kappa shape index (κ1) is 12.0. The number of ether oxygens (including phenoxy) is 1. The smallest absolute Gasteiger partial charge is 0.237 e. The summed E-state index contributed by atoms with van der Waals surface area (Å²) in [6.45, 7) is 1.17. The summed E-state index contributed by atoms with van der Waals surface area (Å²) in [6.07, 6.45) is 1.56. The third-order valence-corrected chi connectivity index (χ3v) is 3.35. The number of hydrogen-bond donors (Lipinski definition) is 1. The molecule has 1 aromatic carbocycles. The van der Waals surface area contributed by atoms with E-state index in [1.807, 2.05) is 24.3 Å². The lowest BCUT2D eigenvalue weighted by molar-refractivity contribution is -0.116. The summed E-state index contributed by atoms with van der Waals surface area (Å²) in [4.78, 5) is 13.8. The molecule has 2 rings (SSSR count). The zero-order valence-electron chi connectivity index (χ0n) is 9.46. The van der Waals surface area contributed by atoms with E-state index in [2.05, 4.69) is 0 Å². The Bertz CT molecular complexity index is 423. The highest BCUT2D eigenvalue weighted by molar-refractivity contribution is 8.00. The van der Waals surface area contributed by atoms with Crippen LogP contribution in [0.4, 0.5) is 5.69 Å². The van der Waals surface area contributed by atoms with Crippen molar-refractivity contribution >= 4 is 29.6 Å². The van der Waals surface area contributed by atoms with Crippen LogP contribution >= 0.6 is 11.8 Å². The number of carbonyl (C=O) groups is 1. The molecule has 0 radical (unpaired) electrons. The highest BCUT2D eigenvalue weighted by atomic mass is 32.2. The topological polar surface area (TPSA) is 55.1 Å². The maximum Gasteiger partial charge on any atom is 0.237 e. The average molecular weight is 251 g/mol. The van der Waals surface area contributed by atoms with E-state index in [4.69, 9.17) is 10.1 Å². The third kappa shape index (κ3) is 2.79. The van der Waals surface area contributed by atoms with E-state index in [1.54, 1.807) is 11.1 Å². The van der Waals surface area contributed by atoms with Gasteiger partial charge < -0.3 is 9.64 Å². The average Bonchev–Trinajstić information content (AvgIpc) is 2.38. The summed E-state index contributed by atoms with van der Waals surface area (Å²) in [6, 6.07) is 7.61. The van der Waals surface area contributed by atoms with Crippen LogP contribution in [0.5, 0.6) is 5.75 Å². The van der Waals surface area contributed by atoms with E-state index < -0.39 is 0 Å². The number of amides is 1. The van der Waals surface area contributed by atoms with E-state index in [1.165, 1.54) is 11.8 Å². The van der Waals surface area contributed by atoms with Gasteiger partial charge in [-0.2, -0.15) is 0 Å². The van der Waals surface area contributed by atoms with Crippen molar-refractivity contribution in [1.82, 2.24) is 0 Å². The summed E-state index contributed by atoms with van der Waals surface area (Å²) in [7, 11) is 0. The molecule has 1 aliphatic heterocycles. The molecule has 0 aromatic heterocycles. The predicted molar refractivity (Wildman–Crippen MR) is 69.6 cm³/mol. The Balaban J connectivity index is 2.07. The van der Waals surface area contributed by atoms with Crippen molar-refractivity contribution in [2.45, 2.75) is 0 Å². The zero-order valence-corrected chi connectivity index (χ0v) is 10.3. The number of anilines is 1. The van der Waals surface area contributed by atoms with Crippen molar-refractivity contribution < 1.29 is 14.9 Å². The fourth-order valence-electron chi connectivity index (χ4n) is 1.72. The summed E-state index contributed by atoms with van der Waals surface area (Å²) in [5, 5.41) is 5.28. The Labute approximate surface area is 104 Å². The lowest BCUT2D eigenvalue weighted by Crippen LogP contribution is -2.39. The number of nitrogens with two attached hydrogens (primary N) is 1. The Kier molecular flexibility index (Phi) is 4.03. The first-order chi connectivity index (χ1) is 8.33. The summed E-state index contributed by atoms with van der Waals surface area (Å²) >= 11 is 1.52. The molecule has 1 amide bonds. The van der Waals surface area contributed by atoms with Crippen LogP contribution in [0, 0.1) is 0 Å². The number of fused-ring (bicyclic) bond motifs is 1. The standard InChI is InChI=1S/C12H14N2O2S/c13-5-8-17-9-12(15)14-6-7-16-11-4-2-1-3-10(11)14/h1-5,13H,6-9H2/p+1. The molecule has 0 spiro atoms. The minimum absolute atomic E-state index is 0.104. The highest BCUT2D eigenvalue weighted by Gasteiger charge is 2.22. The van der Waals surface area contributed by atoms with Gasteiger partial charge in [0.05, 0.1) is 23.7 Å². The Morgan fingerprint density at radius 3 is 3.18 bits per heavy atom. The van der Waals surface area contributed by atoms with E-state index in [0.717, 1.165) is 11.4 Å². The zero-order chi connectivity index (χ0) is 12.1. The maximum atomic E-state index is 12.0. The number of hydrogen-bond acceptors (Lipinski definition) is 3. The number of rotatable bonds is 4. The van der Waals surface area contributed by atoms with Crippen LogP contribution in [-0.4, -0.2) is 36.8 Å². The lowest BCUT2D eigenvalue weighted by Gasteiger charge is -2.29. The molecule has 1 aromatic rings. The molecular weight excluding hydrogens is 236 g/mol. The molecular formula is C12H15N2O2S+. The summed E-state index contributed by atoms with van der Waals surface area (Å²) in [5.74, 6) is 2.02. The molecule has 4 nitrogen and oxygen atoms in total. The number of carbonyl (C=O) groups excluding carboxylic acids is 1. The molecule has 0 unspecified atom stereocenters. The van der Waals surface area contributed by atoms with Crippen molar-refractivity contribution in [2.75, 3.05) is 29.6 Å². The molecule has 0 fully saturated rings. The van der Waals surface area contributed by atoms with Crippen LogP contribution < -0.4 is 15.0 Å². The van der Waals surface area contributed by atoms with E-state index in [9.17, 15) is 4.79 Å². The molecule has 0 saturated heterocycles. The predicted octanol–water partition coefficient (Wildman–Crippen LogP) is -0.0249. The van der Waals surface area contributed by atoms with Crippen molar-refractivity contribution in [3.05, 3.63) is 24.3 Å². The van der Waals surface area contributed by atoms with Crippen molar-refractivity contribution in [2.24, 2.45) is 0 Å². The number of benzene rings is 1. The van der Waals surface area contributed by atoms with Gasteiger partial charge in [0.25, 0.3) is 0 Å². The van der Waals surface area contributed by atoms with Gasteiger partial charge >= 0.3 is 0 Å². The summed E-state index contributed by atoms with van der Waals surface area (Å²) < 4.78 is 5.50. The van der Waals surface area contributed by atoms with Gasteiger partial charge in [-0.15, -0.1) is 11.8 Å². The minimum atomic E-state index is 0.104. The van der Waals surface area contributed by atoms with Crippen molar-refractivity contribution in [3.63, 3.8) is 0 Å². The third-order valence-electron chi connectivity index (χ3n) is 2.47. The van der Waals surface area contributed by atoms with Crippen molar-refractivity contribution in [1.29, 1.82) is 0 Å². The maximum absolute atomic E-state index is 12.0. The molecule has 1 aliphatic rings. The van der Waals surface area contributed by atoms with Gasteiger partial charge in [0, 0.05) is 0 Å². The first-order valence-electron chi connectivity index (χ1n) is 5.46. The van der Waals surface area contributed by atoms with Gasteiger partial charge in [-0.25, -0.2) is 0 Å². The van der Waals surface area contributed by atoms with Crippen LogP contribution in [0.3, 0.4) is 0 Å². The Morgan fingerprint density at radius 1 is 1.53 bits per heavy atom. The summed E-state index contributed by atoms with van der Waals surface area (Å²) in [5.41, 5.74) is 0.862. The van der Waals surface area contributed by atoms with Gasteiger partial charge in [0.2, 0.25) is 5.91 Å². The molecule has 0 atom stereocenters. The van der Waals surface area contributed by atoms with Gasteiger partial charge in [-0.1, -0.05) is 12.1 Å². The van der Waals surface area contributed by atoms with Gasteiger partial charge in [-0.3, -0.25) is 10.2 Å². The van der Waals surface area contributed by atoms with Crippen LogP contribution in [0.15, 0.2) is 24.3 Å². The highest BCUT2D eigenvalue weighted by Crippen LogP contribution is 2.31. The molecule has 2 N–H and O–H groups in total. The number of para-hydroxylation sites is 2. The SMILES string of the molecule is [NH2+]=CCSCC(=O)N1CCOc2ccccc21. The Hall–Kier alpha value is -1.49. The molecule has 0 bridgehead atoms. The van der Waals surface area contributed by atoms with Gasteiger partial charge in [-0.05, 0) is 12.1 Å². The van der Waals surface area contributed by atoms with Crippen LogP contribution in [-0.2, 0) is 4.79 Å². The fraction of sp³-hybridized carbons (Fsp3) is 0.333. The second-order valence-corrected chi connectivity index (χ2v) is 4.64. The molecule has 90 valence electrons. The minimum Gasteiger partial charge on any atom is -0.490 e. The van der Waals surface area contributed by atoms with Gasteiger partial charge in [0.15, 0.2) is 0 Å². The second-order valence-electron chi connectivity index (χ2n) is 3.61. The number of nitrogens with zero attached hydrogens (tertiary/aromatic N) is 1. The normalized spacial score (nSPS) is 13.8. The van der Waals surface area contributed by atoms with E-state index in [-0.39, 0.29) is 5.91 Å². The fourth-order valence-corrected chi connectivity index (χ4v) is 2.31. The molecule has 0 aliphatic carbocycles. The van der Waals surface area contributed by atoms with E-state index >= 15 is 0 Å². The van der Waals surface area contributed by atoms with Crippen LogP contribution in [0.25, 0.3) is 0 Å². The van der Waals surface area contributed by atoms with E-state index in [0.29, 0.717) is 24.7 Å². The molecule has 17 heavy (non-hydrogen) atoms. The molecule has 0 saturated carbocycles. The second kappa shape index (κ2) is 5.72.